The van der Waals surface area contributed by atoms with Crippen molar-refractivity contribution in [2.75, 3.05) is 13.7 Å². The molecule has 0 radical (unpaired) electrons. The second-order valence-corrected chi connectivity index (χ2v) is 5.48. The zero-order valence-corrected chi connectivity index (χ0v) is 13.5. The number of halogens is 1. The Morgan fingerprint density at radius 1 is 1.05 bits per heavy atom. The van der Waals surface area contributed by atoms with Crippen molar-refractivity contribution in [3.63, 3.8) is 0 Å². The third-order valence-corrected chi connectivity index (χ3v) is 3.53. The van der Waals surface area contributed by atoms with Crippen molar-refractivity contribution in [3.05, 3.63) is 63.2 Å². The number of hydrogen-bond donors (Lipinski definition) is 0. The zero-order valence-electron chi connectivity index (χ0n) is 11.3. The maximum absolute atomic E-state index is 11.9. The quantitative estimate of drug-likeness (QED) is 0.442. The monoisotopic (exact) mass is 396 g/mol. The van der Waals surface area contributed by atoms with Gasteiger partial charge in [-0.15, -0.1) is 0 Å². The van der Waals surface area contributed by atoms with E-state index >= 15 is 0 Å². The molecule has 0 fully saturated rings. The van der Waals surface area contributed by atoms with E-state index < -0.39 is 5.97 Å². The second-order valence-electron chi connectivity index (χ2n) is 4.24. The molecule has 4 nitrogen and oxygen atoms in total. The van der Waals surface area contributed by atoms with Crippen LogP contribution in [0.4, 0.5) is 0 Å². The lowest BCUT2D eigenvalue weighted by Crippen LogP contribution is -2.14. The van der Waals surface area contributed by atoms with Crippen molar-refractivity contribution < 1.29 is 19.1 Å². The van der Waals surface area contributed by atoms with E-state index in [4.69, 9.17) is 9.47 Å². The van der Waals surface area contributed by atoms with Crippen LogP contribution in [0.2, 0.25) is 0 Å². The molecule has 0 aliphatic rings. The molecule has 0 heterocycles. The van der Waals surface area contributed by atoms with Gasteiger partial charge in [0.05, 0.1) is 12.7 Å². The Hall–Kier alpha value is -1.89. The summed E-state index contributed by atoms with van der Waals surface area (Å²) in [5, 5.41) is 0. The molecule has 0 saturated carbocycles. The number of Topliss-reactive ketones (excluding diaryl/α,β-unsaturated/α-hetero) is 1. The lowest BCUT2D eigenvalue weighted by atomic mass is 10.1. The summed E-state index contributed by atoms with van der Waals surface area (Å²) < 4.78 is 11.1. The molecule has 0 aliphatic carbocycles. The average Bonchev–Trinajstić information content (AvgIpc) is 2.53. The van der Waals surface area contributed by atoms with Gasteiger partial charge in [0.25, 0.3) is 0 Å². The lowest BCUT2D eigenvalue weighted by Gasteiger charge is -2.06. The van der Waals surface area contributed by atoms with Crippen LogP contribution >= 0.6 is 22.6 Å². The van der Waals surface area contributed by atoms with Crippen LogP contribution in [0.25, 0.3) is 0 Å². The molecule has 0 spiro atoms. The van der Waals surface area contributed by atoms with Crippen molar-refractivity contribution >= 4 is 34.3 Å². The summed E-state index contributed by atoms with van der Waals surface area (Å²) in [6.07, 6.45) is 0. The number of rotatable bonds is 5. The maximum Gasteiger partial charge on any atom is 0.338 e. The number of carbonyl (C=O) groups excluding carboxylic acids is 2. The van der Waals surface area contributed by atoms with E-state index in [9.17, 15) is 9.59 Å². The first-order chi connectivity index (χ1) is 10.1. The van der Waals surface area contributed by atoms with Gasteiger partial charge in [-0.25, -0.2) is 4.79 Å². The van der Waals surface area contributed by atoms with Crippen LogP contribution in [0.15, 0.2) is 48.5 Å². The topological polar surface area (TPSA) is 52.6 Å². The molecule has 0 aromatic heterocycles. The number of hydrogen-bond acceptors (Lipinski definition) is 4. The molecular formula is C16H13IO4. The number of methoxy groups -OCH3 is 1. The van der Waals surface area contributed by atoms with E-state index in [0.717, 1.165) is 3.57 Å². The van der Waals surface area contributed by atoms with Crippen molar-refractivity contribution in [1.82, 2.24) is 0 Å². The summed E-state index contributed by atoms with van der Waals surface area (Å²) in [4.78, 5) is 23.8. The minimum atomic E-state index is -0.548. The van der Waals surface area contributed by atoms with Crippen molar-refractivity contribution in [2.45, 2.75) is 0 Å². The Labute approximate surface area is 136 Å². The first kappa shape index (κ1) is 15.5. The first-order valence-electron chi connectivity index (χ1n) is 6.20. The van der Waals surface area contributed by atoms with E-state index in [-0.39, 0.29) is 12.4 Å². The molecule has 108 valence electrons. The van der Waals surface area contributed by atoms with Gasteiger partial charge in [0, 0.05) is 9.13 Å². The number of esters is 1. The van der Waals surface area contributed by atoms with Crippen LogP contribution in [0.3, 0.4) is 0 Å². The molecular weight excluding hydrogens is 383 g/mol. The standard InChI is InChI=1S/C16H13IO4/c1-20-14-4-2-3-12(9-14)16(19)21-10-15(18)11-5-7-13(17)8-6-11/h2-9H,10H2,1H3. The molecule has 0 aliphatic heterocycles. The third-order valence-electron chi connectivity index (χ3n) is 2.81. The minimum Gasteiger partial charge on any atom is -0.497 e. The molecule has 2 aromatic carbocycles. The van der Waals surface area contributed by atoms with Gasteiger partial charge in [0.1, 0.15) is 5.75 Å². The Morgan fingerprint density at radius 3 is 2.43 bits per heavy atom. The van der Waals surface area contributed by atoms with Crippen LogP contribution < -0.4 is 4.74 Å². The Balaban J connectivity index is 1.97. The third kappa shape index (κ3) is 4.29. The van der Waals surface area contributed by atoms with Crippen molar-refractivity contribution in [1.29, 1.82) is 0 Å². The lowest BCUT2D eigenvalue weighted by molar-refractivity contribution is 0.0474. The van der Waals surface area contributed by atoms with Gasteiger partial charge >= 0.3 is 5.97 Å². The maximum atomic E-state index is 11.9. The van der Waals surface area contributed by atoms with Crippen LogP contribution in [0, 0.1) is 3.57 Å². The minimum absolute atomic E-state index is 0.234. The van der Waals surface area contributed by atoms with Gasteiger partial charge in [-0.3, -0.25) is 4.79 Å². The molecule has 0 saturated heterocycles. The Morgan fingerprint density at radius 2 is 1.76 bits per heavy atom. The molecule has 0 amide bonds. The summed E-state index contributed by atoms with van der Waals surface area (Å²) in [5.41, 5.74) is 0.874. The van der Waals surface area contributed by atoms with Crippen LogP contribution in [0.5, 0.6) is 5.75 Å². The molecule has 0 atom stereocenters. The van der Waals surface area contributed by atoms with Gasteiger partial charge < -0.3 is 9.47 Å². The highest BCUT2D eigenvalue weighted by molar-refractivity contribution is 14.1. The molecule has 0 unspecified atom stereocenters. The zero-order chi connectivity index (χ0) is 15.2. The fourth-order valence-corrected chi connectivity index (χ4v) is 2.04. The normalized spacial score (nSPS) is 10.0. The van der Waals surface area contributed by atoms with Crippen LogP contribution in [-0.2, 0) is 4.74 Å². The highest BCUT2D eigenvalue weighted by Crippen LogP contribution is 2.14. The van der Waals surface area contributed by atoms with Crippen molar-refractivity contribution in [3.8, 4) is 5.75 Å². The van der Waals surface area contributed by atoms with E-state index in [2.05, 4.69) is 22.6 Å². The molecule has 0 bridgehead atoms. The average molecular weight is 396 g/mol. The van der Waals surface area contributed by atoms with Crippen LogP contribution in [-0.4, -0.2) is 25.5 Å². The van der Waals surface area contributed by atoms with Crippen molar-refractivity contribution in [2.24, 2.45) is 0 Å². The van der Waals surface area contributed by atoms with Gasteiger partial charge in [-0.2, -0.15) is 0 Å². The Bertz CT molecular complexity index is 650. The summed E-state index contributed by atoms with van der Waals surface area (Å²) in [5.74, 6) is -0.219. The number of ether oxygens (including phenoxy) is 2. The smallest absolute Gasteiger partial charge is 0.338 e. The largest absolute Gasteiger partial charge is 0.497 e. The van der Waals surface area contributed by atoms with Gasteiger partial charge in [0.15, 0.2) is 12.4 Å². The summed E-state index contributed by atoms with van der Waals surface area (Å²) in [6, 6.07) is 13.7. The summed E-state index contributed by atoms with van der Waals surface area (Å²) >= 11 is 2.16. The Kier molecular flexibility index (Phi) is 5.32. The fraction of sp³-hybridized carbons (Fsp3) is 0.125. The second kappa shape index (κ2) is 7.21. The number of carbonyl (C=O) groups is 2. The van der Waals surface area contributed by atoms with E-state index in [1.54, 1.807) is 36.4 Å². The van der Waals surface area contributed by atoms with Gasteiger partial charge in [-0.05, 0) is 52.9 Å². The molecule has 0 N–H and O–H groups in total. The van der Waals surface area contributed by atoms with E-state index in [1.807, 2.05) is 12.1 Å². The van der Waals surface area contributed by atoms with E-state index in [1.165, 1.54) is 7.11 Å². The van der Waals surface area contributed by atoms with Gasteiger partial charge in [0.2, 0.25) is 0 Å². The molecule has 2 rings (SSSR count). The van der Waals surface area contributed by atoms with Crippen LogP contribution in [0.1, 0.15) is 20.7 Å². The number of ketones is 1. The van der Waals surface area contributed by atoms with E-state index in [0.29, 0.717) is 16.9 Å². The first-order valence-corrected chi connectivity index (χ1v) is 7.28. The van der Waals surface area contributed by atoms with Gasteiger partial charge in [-0.1, -0.05) is 18.2 Å². The predicted molar refractivity (Wildman–Crippen MR) is 86.8 cm³/mol. The summed E-state index contributed by atoms with van der Waals surface area (Å²) in [7, 11) is 1.52. The summed E-state index contributed by atoms with van der Waals surface area (Å²) in [6.45, 7) is -0.281. The highest BCUT2D eigenvalue weighted by Gasteiger charge is 2.12. The highest BCUT2D eigenvalue weighted by atomic mass is 127. The SMILES string of the molecule is COc1cccc(C(=O)OCC(=O)c2ccc(I)cc2)c1. The fourth-order valence-electron chi connectivity index (χ4n) is 1.68. The number of benzene rings is 2. The molecule has 5 heteroatoms. The molecule has 2 aromatic rings. The molecule has 21 heavy (non-hydrogen) atoms. The predicted octanol–water partition coefficient (Wildman–Crippen LogP) is 3.34.